The van der Waals surface area contributed by atoms with Crippen molar-refractivity contribution in [2.75, 3.05) is 27.3 Å². The Bertz CT molecular complexity index is 2180. The summed E-state index contributed by atoms with van der Waals surface area (Å²) in [6.07, 6.45) is 2.14. The predicted octanol–water partition coefficient (Wildman–Crippen LogP) is 5.54. The molecule has 3 aliphatic rings. The number of hydrogen-bond donors (Lipinski definition) is 4. The Morgan fingerprint density at radius 1 is 0.839 bits per heavy atom. The number of hydrogen-bond acceptors (Lipinski definition) is 8. The van der Waals surface area contributed by atoms with Gasteiger partial charge in [0, 0.05) is 24.2 Å². The van der Waals surface area contributed by atoms with Crippen molar-refractivity contribution in [3.8, 4) is 23.1 Å². The van der Waals surface area contributed by atoms with E-state index in [2.05, 4.69) is 44.4 Å². The third-order valence-corrected chi connectivity index (χ3v) is 11.6. The highest BCUT2D eigenvalue weighted by atomic mass is 16.5. The zero-order chi connectivity index (χ0) is 39.8. The topological polar surface area (TPSA) is 175 Å². The van der Waals surface area contributed by atoms with Crippen molar-refractivity contribution in [2.24, 2.45) is 29.6 Å². The van der Waals surface area contributed by atoms with Crippen LogP contribution in [-0.2, 0) is 19.1 Å². The molecule has 4 N–H and O–H groups in total. The Kier molecular flexibility index (Phi) is 10.8. The highest BCUT2D eigenvalue weighted by Crippen LogP contribution is 2.60. The first-order chi connectivity index (χ1) is 26.9. The molecule has 2 saturated heterocycles. The maximum absolute atomic E-state index is 13.8. The second-order valence-corrected chi connectivity index (χ2v) is 15.8. The minimum atomic E-state index is -0.697. The Labute approximate surface area is 326 Å². The number of rotatable bonds is 9. The van der Waals surface area contributed by atoms with Crippen LogP contribution in [0.2, 0.25) is 0 Å². The molecular weight excluding hydrogens is 713 g/mol. The average molecular weight is 763 g/mol. The molecule has 4 aromatic rings. The van der Waals surface area contributed by atoms with Gasteiger partial charge in [0.15, 0.2) is 0 Å². The molecule has 2 aromatic carbocycles. The number of H-pyrrole nitrogens is 2. The summed E-state index contributed by atoms with van der Waals surface area (Å²) < 4.78 is 9.55. The minimum absolute atomic E-state index is 0.109. The second-order valence-electron chi connectivity index (χ2n) is 15.8. The molecule has 4 amide bonds. The standard InChI is InChI=1S/C42H50N8O6/c1-22(2)34(47-41(53)55-6)39(51)49-18-8-9-32(49)37-43-20-31(46-37)27-15-12-25(13-16-27)10-11-26-14-17-29-30(19-26)45-38(44-29)36-33-24(5)28(33)21-50(36)40(52)35(23(3)4)48-42(54)56-7/h12-17,19-20,22-24,28,32-36H,8-9,18,21H2,1-7H3,(H,43,46)(H,44,45)(H,47,53)(H,48,54)/t24?,28?,32-,33?,34-,35-,36-/m0/s1. The lowest BCUT2D eigenvalue weighted by molar-refractivity contribution is -0.137. The van der Waals surface area contributed by atoms with E-state index in [1.165, 1.54) is 14.2 Å². The summed E-state index contributed by atoms with van der Waals surface area (Å²) in [5.41, 5.74) is 5.09. The van der Waals surface area contributed by atoms with Gasteiger partial charge < -0.3 is 39.9 Å². The van der Waals surface area contributed by atoms with E-state index in [9.17, 15) is 19.2 Å². The summed E-state index contributed by atoms with van der Waals surface area (Å²) in [6, 6.07) is 12.0. The fraction of sp³-hybridized carbons (Fsp3) is 0.476. The van der Waals surface area contributed by atoms with Crippen LogP contribution < -0.4 is 10.6 Å². The van der Waals surface area contributed by atoms with Crippen molar-refractivity contribution in [2.45, 2.75) is 71.6 Å². The summed E-state index contributed by atoms with van der Waals surface area (Å²) in [4.78, 5) is 71.5. The van der Waals surface area contributed by atoms with Crippen LogP contribution in [0.3, 0.4) is 0 Å². The van der Waals surface area contributed by atoms with Crippen molar-refractivity contribution < 1.29 is 28.7 Å². The first-order valence-electron chi connectivity index (χ1n) is 19.3. The summed E-state index contributed by atoms with van der Waals surface area (Å²) >= 11 is 0. The fourth-order valence-electron chi connectivity index (χ4n) is 8.34. The van der Waals surface area contributed by atoms with Gasteiger partial charge in [-0.2, -0.15) is 0 Å². The lowest BCUT2D eigenvalue weighted by atomic mass is 10.0. The van der Waals surface area contributed by atoms with Crippen LogP contribution in [0.25, 0.3) is 22.3 Å². The number of carbonyl (C=O) groups is 4. The van der Waals surface area contributed by atoms with Crippen LogP contribution in [0.4, 0.5) is 9.59 Å². The van der Waals surface area contributed by atoms with E-state index < -0.39 is 24.3 Å². The molecule has 0 radical (unpaired) electrons. The zero-order valence-electron chi connectivity index (χ0n) is 32.9. The van der Waals surface area contributed by atoms with E-state index in [4.69, 9.17) is 14.5 Å². The molecule has 56 heavy (non-hydrogen) atoms. The monoisotopic (exact) mass is 762 g/mol. The highest BCUT2D eigenvalue weighted by molar-refractivity contribution is 5.87. The van der Waals surface area contributed by atoms with Gasteiger partial charge in [-0.15, -0.1) is 0 Å². The van der Waals surface area contributed by atoms with Gasteiger partial charge >= 0.3 is 12.2 Å². The second kappa shape index (κ2) is 15.7. The third-order valence-electron chi connectivity index (χ3n) is 11.6. The van der Waals surface area contributed by atoms with E-state index in [0.717, 1.165) is 52.1 Å². The number of nitrogens with one attached hydrogen (secondary N) is 4. The highest BCUT2D eigenvalue weighted by Gasteiger charge is 2.61. The van der Waals surface area contributed by atoms with Crippen molar-refractivity contribution >= 4 is 35.0 Å². The molecule has 4 heterocycles. The van der Waals surface area contributed by atoms with Gasteiger partial charge in [0.25, 0.3) is 0 Å². The number of benzene rings is 2. The van der Waals surface area contributed by atoms with E-state index >= 15 is 0 Å². The molecule has 0 bridgehead atoms. The van der Waals surface area contributed by atoms with Gasteiger partial charge in [0.2, 0.25) is 11.8 Å². The molecule has 7 rings (SSSR count). The molecule has 7 atom stereocenters. The van der Waals surface area contributed by atoms with E-state index in [0.29, 0.717) is 36.7 Å². The van der Waals surface area contributed by atoms with E-state index in [-0.39, 0.29) is 35.7 Å². The van der Waals surface area contributed by atoms with Crippen LogP contribution >= 0.6 is 0 Å². The smallest absolute Gasteiger partial charge is 0.407 e. The van der Waals surface area contributed by atoms with Gasteiger partial charge in [0.1, 0.15) is 23.7 Å². The quantitative estimate of drug-likeness (QED) is 0.161. The Hall–Kier alpha value is -5.84. The number of imidazole rings is 2. The van der Waals surface area contributed by atoms with Gasteiger partial charge in [-0.25, -0.2) is 19.6 Å². The molecule has 294 valence electrons. The summed E-state index contributed by atoms with van der Waals surface area (Å²) in [7, 11) is 2.58. The van der Waals surface area contributed by atoms with E-state index in [1.807, 2.05) is 75.1 Å². The SMILES string of the molecule is COC(=O)N[C@H](C(=O)N1CC2C(C)C2[C@H]1c1nc2ccc(C#Cc3ccc(-c4cnc([C@@H]5CCCN5C(=O)[C@@H](NC(=O)OC)C(C)C)[nH]4)cc3)cc2[nH]1)C(C)C. The third kappa shape index (κ3) is 7.54. The minimum Gasteiger partial charge on any atom is -0.453 e. The summed E-state index contributed by atoms with van der Waals surface area (Å²) in [5.74, 6) is 8.70. The normalized spacial score (nSPS) is 22.3. The lowest BCUT2D eigenvalue weighted by Crippen LogP contribution is -2.52. The molecule has 1 saturated carbocycles. The number of carbonyl (C=O) groups excluding carboxylic acids is 4. The maximum Gasteiger partial charge on any atom is 0.407 e. The number of amides is 4. The molecule has 14 heteroatoms. The maximum atomic E-state index is 13.8. The van der Waals surface area contributed by atoms with Crippen molar-refractivity contribution in [1.29, 1.82) is 0 Å². The van der Waals surface area contributed by atoms with Gasteiger partial charge in [0.05, 0.1) is 49.2 Å². The van der Waals surface area contributed by atoms with Crippen LogP contribution in [0.1, 0.15) is 82.3 Å². The van der Waals surface area contributed by atoms with Gasteiger partial charge in [-0.1, -0.05) is 58.6 Å². The number of nitrogens with zero attached hydrogens (tertiary/aromatic N) is 4. The van der Waals surface area contributed by atoms with Gasteiger partial charge in [-0.05, 0) is 78.3 Å². The van der Waals surface area contributed by atoms with Crippen LogP contribution in [0, 0.1) is 41.4 Å². The number of likely N-dealkylation sites (tertiary alicyclic amines) is 2. The van der Waals surface area contributed by atoms with Crippen molar-refractivity contribution in [1.82, 2.24) is 40.4 Å². The zero-order valence-corrected chi connectivity index (χ0v) is 32.9. The van der Waals surface area contributed by atoms with Crippen LogP contribution in [0.5, 0.6) is 0 Å². The van der Waals surface area contributed by atoms with Crippen LogP contribution in [-0.4, -0.2) is 93.1 Å². The number of aromatic nitrogens is 4. The lowest BCUT2D eigenvalue weighted by Gasteiger charge is -2.32. The Morgan fingerprint density at radius 3 is 2.11 bits per heavy atom. The fourth-order valence-corrected chi connectivity index (χ4v) is 8.34. The van der Waals surface area contributed by atoms with Crippen molar-refractivity contribution in [3.05, 3.63) is 71.4 Å². The Morgan fingerprint density at radius 2 is 1.46 bits per heavy atom. The first kappa shape index (κ1) is 38.4. The summed E-state index contributed by atoms with van der Waals surface area (Å²) in [5, 5.41) is 5.42. The number of fused-ring (bicyclic) bond motifs is 2. The largest absolute Gasteiger partial charge is 0.453 e. The average Bonchev–Trinajstić information content (AvgIpc) is 3.83. The molecule has 3 fully saturated rings. The van der Waals surface area contributed by atoms with Gasteiger partial charge in [-0.3, -0.25) is 9.59 Å². The molecule has 0 spiro atoms. The number of methoxy groups -OCH3 is 2. The van der Waals surface area contributed by atoms with E-state index in [1.54, 1.807) is 11.1 Å². The number of ether oxygens (including phenoxy) is 2. The first-order valence-corrected chi connectivity index (χ1v) is 19.3. The number of piperidine rings is 1. The number of alkyl carbamates (subject to hydrolysis) is 2. The molecule has 14 nitrogen and oxygen atoms in total. The molecule has 3 unspecified atom stereocenters. The number of aromatic amines is 2. The molecule has 2 aromatic heterocycles. The molecule has 2 aliphatic heterocycles. The predicted molar refractivity (Wildman–Crippen MR) is 209 cm³/mol. The van der Waals surface area contributed by atoms with Crippen molar-refractivity contribution in [3.63, 3.8) is 0 Å². The Balaban J connectivity index is 1.03. The van der Waals surface area contributed by atoms with Crippen LogP contribution in [0.15, 0.2) is 48.7 Å². The summed E-state index contributed by atoms with van der Waals surface area (Å²) in [6.45, 7) is 11.1. The molecule has 1 aliphatic carbocycles. The molecular formula is C42H50N8O6.